The van der Waals surface area contributed by atoms with E-state index in [2.05, 4.69) is 5.32 Å². The van der Waals surface area contributed by atoms with Crippen LogP contribution in [0.5, 0.6) is 0 Å². The van der Waals surface area contributed by atoms with Gasteiger partial charge in [0, 0.05) is 18.7 Å². The minimum Gasteiger partial charge on any atom is -0.380 e. The minimum absolute atomic E-state index is 0.108. The molecule has 2 aliphatic rings. The van der Waals surface area contributed by atoms with Crippen molar-refractivity contribution in [3.05, 3.63) is 29.6 Å². The Morgan fingerprint density at radius 1 is 1.30 bits per heavy atom. The highest BCUT2D eigenvalue weighted by Gasteiger charge is 2.32. The number of halogens is 1. The van der Waals surface area contributed by atoms with Crippen LogP contribution in [0.15, 0.2) is 23.1 Å². The van der Waals surface area contributed by atoms with Gasteiger partial charge in [-0.3, -0.25) is 0 Å². The van der Waals surface area contributed by atoms with E-state index in [1.54, 1.807) is 0 Å². The van der Waals surface area contributed by atoms with Crippen LogP contribution < -0.4 is 5.32 Å². The quantitative estimate of drug-likeness (QED) is 0.846. The molecule has 20 heavy (non-hydrogen) atoms. The Bertz CT molecular complexity index is 596. The summed E-state index contributed by atoms with van der Waals surface area (Å²) in [7, 11) is -3.27. The van der Waals surface area contributed by atoms with Crippen LogP contribution in [0.1, 0.15) is 30.9 Å². The van der Waals surface area contributed by atoms with Crippen molar-refractivity contribution in [1.82, 2.24) is 5.32 Å². The molecule has 2 heterocycles. The fourth-order valence-corrected chi connectivity index (χ4v) is 4.54. The van der Waals surface area contributed by atoms with Gasteiger partial charge in [0.15, 0.2) is 9.84 Å². The van der Waals surface area contributed by atoms with Crippen molar-refractivity contribution in [3.63, 3.8) is 0 Å². The molecule has 0 amide bonds. The molecule has 2 atom stereocenters. The Hall–Kier alpha value is -0.980. The zero-order chi connectivity index (χ0) is 14.2. The lowest BCUT2D eigenvalue weighted by molar-refractivity contribution is 0.0659. The van der Waals surface area contributed by atoms with Gasteiger partial charge in [0.2, 0.25) is 0 Å². The third-order valence-electron chi connectivity index (χ3n) is 3.95. The van der Waals surface area contributed by atoms with Crippen molar-refractivity contribution in [1.29, 1.82) is 0 Å². The number of ether oxygens (including phenoxy) is 1. The lowest BCUT2D eigenvalue weighted by Gasteiger charge is -2.32. The lowest BCUT2D eigenvalue weighted by atomic mass is 10.0. The molecule has 0 aromatic heterocycles. The maximum atomic E-state index is 13.5. The highest BCUT2D eigenvalue weighted by Crippen LogP contribution is 2.33. The fraction of sp³-hybridized carbons (Fsp3) is 0.571. The van der Waals surface area contributed by atoms with Gasteiger partial charge in [-0.25, -0.2) is 12.8 Å². The summed E-state index contributed by atoms with van der Waals surface area (Å²) in [4.78, 5) is 0.263. The molecule has 1 saturated heterocycles. The summed E-state index contributed by atoms with van der Waals surface area (Å²) in [5, 5.41) is 3.42. The predicted octanol–water partition coefficient (Wildman–Crippen LogP) is 1.81. The normalized spacial score (nSPS) is 28.9. The Labute approximate surface area is 118 Å². The number of hydrogen-bond donors (Lipinski definition) is 1. The molecule has 0 radical (unpaired) electrons. The monoisotopic (exact) mass is 299 g/mol. The van der Waals surface area contributed by atoms with Gasteiger partial charge in [-0.2, -0.15) is 0 Å². The first-order valence-electron chi connectivity index (χ1n) is 6.92. The van der Waals surface area contributed by atoms with Crippen molar-refractivity contribution < 1.29 is 17.5 Å². The molecule has 1 aromatic rings. The molecule has 0 spiro atoms. The average Bonchev–Trinajstić information content (AvgIpc) is 2.43. The summed E-state index contributed by atoms with van der Waals surface area (Å²) >= 11 is 0. The van der Waals surface area contributed by atoms with E-state index in [1.165, 1.54) is 18.2 Å². The summed E-state index contributed by atoms with van der Waals surface area (Å²) in [5.74, 6) is -0.288. The van der Waals surface area contributed by atoms with Crippen molar-refractivity contribution >= 4 is 9.84 Å². The first-order chi connectivity index (χ1) is 9.56. The highest BCUT2D eigenvalue weighted by molar-refractivity contribution is 7.91. The molecule has 0 aliphatic carbocycles. The van der Waals surface area contributed by atoms with Crippen LogP contribution in [0.2, 0.25) is 0 Å². The van der Waals surface area contributed by atoms with Gasteiger partial charge in [0.25, 0.3) is 0 Å². The van der Waals surface area contributed by atoms with E-state index in [1.807, 2.05) is 0 Å². The molecule has 1 N–H and O–H groups in total. The number of sulfone groups is 1. The van der Waals surface area contributed by atoms with Crippen LogP contribution >= 0.6 is 0 Å². The summed E-state index contributed by atoms with van der Waals surface area (Å²) in [5.41, 5.74) is 0.557. The second-order valence-corrected chi connectivity index (χ2v) is 7.50. The number of nitrogens with one attached hydrogen (secondary N) is 1. The van der Waals surface area contributed by atoms with E-state index >= 15 is 0 Å². The second kappa shape index (κ2) is 5.42. The minimum atomic E-state index is -3.27. The summed E-state index contributed by atoms with van der Waals surface area (Å²) < 4.78 is 43.0. The molecule has 4 nitrogen and oxygen atoms in total. The predicted molar refractivity (Wildman–Crippen MR) is 72.8 cm³/mol. The van der Waals surface area contributed by atoms with E-state index in [-0.39, 0.29) is 22.7 Å². The van der Waals surface area contributed by atoms with Crippen LogP contribution in [-0.4, -0.2) is 33.4 Å². The third kappa shape index (κ3) is 2.73. The van der Waals surface area contributed by atoms with E-state index < -0.39 is 15.7 Å². The van der Waals surface area contributed by atoms with E-state index in [4.69, 9.17) is 4.74 Å². The molecule has 1 aromatic carbocycles. The SMILES string of the molecule is O=S1(=O)CCC(NC2CCCOC2)c2cc(F)ccc21. The smallest absolute Gasteiger partial charge is 0.178 e. The van der Waals surface area contributed by atoms with E-state index in [9.17, 15) is 12.8 Å². The standard InChI is InChI=1S/C14H18FNO3S/c15-10-3-4-14-12(8-10)13(5-7-20(14,17)18)16-11-2-1-6-19-9-11/h3-4,8,11,13,16H,1-2,5-7,9H2. The molecule has 2 aliphatic heterocycles. The van der Waals surface area contributed by atoms with Crippen LogP contribution in [0.3, 0.4) is 0 Å². The van der Waals surface area contributed by atoms with Gasteiger partial charge in [0.1, 0.15) is 5.82 Å². The topological polar surface area (TPSA) is 55.4 Å². The molecule has 2 unspecified atom stereocenters. The van der Waals surface area contributed by atoms with Gasteiger partial charge in [-0.1, -0.05) is 0 Å². The molecule has 3 rings (SSSR count). The molecule has 6 heteroatoms. The van der Waals surface area contributed by atoms with Gasteiger partial charge >= 0.3 is 0 Å². The summed E-state index contributed by atoms with van der Waals surface area (Å²) in [6, 6.07) is 4.03. The van der Waals surface area contributed by atoms with Crippen LogP contribution in [0.4, 0.5) is 4.39 Å². The van der Waals surface area contributed by atoms with Gasteiger partial charge in [0.05, 0.1) is 17.3 Å². The first-order valence-corrected chi connectivity index (χ1v) is 8.57. The number of benzene rings is 1. The van der Waals surface area contributed by atoms with E-state index in [0.29, 0.717) is 18.6 Å². The average molecular weight is 299 g/mol. The molecular weight excluding hydrogens is 281 g/mol. The Morgan fingerprint density at radius 3 is 2.90 bits per heavy atom. The Balaban J connectivity index is 1.88. The van der Waals surface area contributed by atoms with Crippen LogP contribution in [0.25, 0.3) is 0 Å². The fourth-order valence-electron chi connectivity index (χ4n) is 2.94. The highest BCUT2D eigenvalue weighted by atomic mass is 32.2. The number of rotatable bonds is 2. The van der Waals surface area contributed by atoms with Crippen molar-refractivity contribution in [2.45, 2.75) is 36.2 Å². The summed E-state index contributed by atoms with van der Waals surface area (Å²) in [6.07, 6.45) is 2.49. The number of fused-ring (bicyclic) bond motifs is 1. The molecule has 1 fully saturated rings. The van der Waals surface area contributed by atoms with Gasteiger partial charge in [-0.15, -0.1) is 0 Å². The largest absolute Gasteiger partial charge is 0.380 e. The first kappa shape index (κ1) is 14.0. The van der Waals surface area contributed by atoms with Crippen molar-refractivity contribution in [2.75, 3.05) is 19.0 Å². The third-order valence-corrected chi connectivity index (χ3v) is 5.77. The maximum absolute atomic E-state index is 13.5. The van der Waals surface area contributed by atoms with Crippen LogP contribution in [-0.2, 0) is 14.6 Å². The number of hydrogen-bond acceptors (Lipinski definition) is 4. The molecule has 0 bridgehead atoms. The summed E-state index contributed by atoms with van der Waals surface area (Å²) in [6.45, 7) is 1.41. The van der Waals surface area contributed by atoms with Crippen molar-refractivity contribution in [2.24, 2.45) is 0 Å². The van der Waals surface area contributed by atoms with Crippen molar-refractivity contribution in [3.8, 4) is 0 Å². The second-order valence-electron chi connectivity index (χ2n) is 5.42. The van der Waals surface area contributed by atoms with Gasteiger partial charge < -0.3 is 10.1 Å². The molecule has 0 saturated carbocycles. The van der Waals surface area contributed by atoms with Crippen LogP contribution in [0, 0.1) is 5.82 Å². The van der Waals surface area contributed by atoms with Gasteiger partial charge in [-0.05, 0) is 43.0 Å². The zero-order valence-electron chi connectivity index (χ0n) is 11.1. The Morgan fingerprint density at radius 2 is 2.15 bits per heavy atom. The molecular formula is C14H18FNO3S. The van der Waals surface area contributed by atoms with E-state index in [0.717, 1.165) is 19.4 Å². The molecule has 110 valence electrons. The lowest BCUT2D eigenvalue weighted by Crippen LogP contribution is -2.41. The Kier molecular flexibility index (Phi) is 3.79. The zero-order valence-corrected chi connectivity index (χ0v) is 12.0. The maximum Gasteiger partial charge on any atom is 0.178 e.